The Morgan fingerprint density at radius 1 is 1.24 bits per heavy atom. The number of fused-ring (bicyclic) bond motifs is 1. The van der Waals surface area contributed by atoms with Gasteiger partial charge in [0.1, 0.15) is 0 Å². The number of primary amides is 1. The molecule has 1 unspecified atom stereocenters. The van der Waals surface area contributed by atoms with E-state index in [1.807, 2.05) is 30.0 Å². The number of benzene rings is 1. The summed E-state index contributed by atoms with van der Waals surface area (Å²) >= 11 is 0. The number of nitrogens with zero attached hydrogens (tertiary/aromatic N) is 5. The number of aromatic nitrogens is 5. The lowest BCUT2D eigenvalue weighted by molar-refractivity contribution is 0.0996. The van der Waals surface area contributed by atoms with Gasteiger partial charge in [0.15, 0.2) is 5.69 Å². The predicted octanol–water partition coefficient (Wildman–Crippen LogP) is 2.03. The Morgan fingerprint density at radius 2 is 2.09 bits per heavy atom. The molecule has 5 rings (SSSR count). The Bertz CT molecular complexity index is 1370. The minimum atomic E-state index is -0.721. The molecule has 0 aliphatic carbocycles. The maximum Gasteiger partial charge on any atom is 0.269 e. The second kappa shape index (κ2) is 8.14. The third-order valence-corrected chi connectivity index (χ3v) is 5.98. The number of pyridine rings is 1. The van der Waals surface area contributed by atoms with Crippen molar-refractivity contribution in [1.82, 2.24) is 25.1 Å². The molecule has 4 heterocycles. The fraction of sp³-hybridized carbons (Fsp3) is 0.261. The van der Waals surface area contributed by atoms with Crippen molar-refractivity contribution < 1.29 is 9.90 Å². The molecular formula is C23H24N8O2. The molecule has 0 bridgehead atoms. The van der Waals surface area contributed by atoms with Crippen LogP contribution in [0.1, 0.15) is 28.9 Å². The average Bonchev–Trinajstić information content (AvgIpc) is 3.28. The van der Waals surface area contributed by atoms with Crippen molar-refractivity contribution in [3.8, 4) is 22.5 Å². The van der Waals surface area contributed by atoms with Gasteiger partial charge in [-0.2, -0.15) is 5.10 Å². The van der Waals surface area contributed by atoms with Crippen LogP contribution in [-0.2, 0) is 0 Å². The van der Waals surface area contributed by atoms with Crippen LogP contribution in [0.25, 0.3) is 33.4 Å². The molecule has 1 aliphatic rings. The maximum atomic E-state index is 12.2. The predicted molar refractivity (Wildman–Crippen MR) is 125 cm³/mol. The van der Waals surface area contributed by atoms with E-state index in [1.165, 1.54) is 0 Å². The summed E-state index contributed by atoms with van der Waals surface area (Å²) in [5, 5.41) is 18.0. The van der Waals surface area contributed by atoms with Crippen LogP contribution < -0.4 is 16.4 Å². The number of nitrogen functional groups attached to an aromatic ring is 1. The van der Waals surface area contributed by atoms with E-state index in [0.717, 1.165) is 41.4 Å². The van der Waals surface area contributed by atoms with Gasteiger partial charge in [-0.05, 0) is 49.1 Å². The Morgan fingerprint density at radius 3 is 2.88 bits per heavy atom. The van der Waals surface area contributed by atoms with Gasteiger partial charge in [0.05, 0.1) is 34.9 Å². The molecule has 0 spiro atoms. The Balaban J connectivity index is 1.68. The molecule has 1 atom stereocenters. The summed E-state index contributed by atoms with van der Waals surface area (Å²) in [6.07, 6.45) is 4.58. The van der Waals surface area contributed by atoms with Gasteiger partial charge >= 0.3 is 0 Å². The van der Waals surface area contributed by atoms with Crippen LogP contribution in [0.5, 0.6) is 0 Å². The third-order valence-electron chi connectivity index (χ3n) is 5.98. The monoisotopic (exact) mass is 444 g/mol. The summed E-state index contributed by atoms with van der Waals surface area (Å²) in [5.41, 5.74) is 16.5. The molecule has 10 nitrogen and oxygen atoms in total. The quantitative estimate of drug-likeness (QED) is 0.372. The number of aromatic amines is 1. The molecule has 33 heavy (non-hydrogen) atoms. The van der Waals surface area contributed by atoms with Crippen molar-refractivity contribution in [2.75, 3.05) is 23.7 Å². The van der Waals surface area contributed by atoms with Gasteiger partial charge < -0.3 is 21.5 Å². The molecule has 0 saturated carbocycles. The number of nitrogens with two attached hydrogens (primary N) is 2. The number of rotatable bonds is 4. The zero-order chi connectivity index (χ0) is 23.1. The number of nitrogens with one attached hydrogen (secondary N) is 1. The molecule has 0 radical (unpaired) electrons. The number of β-amino-alcohol motifs (C(OH)–C–C–N with tert-alkyl or cyclic N) is 1. The fourth-order valence-corrected chi connectivity index (χ4v) is 4.34. The zero-order valence-electron chi connectivity index (χ0n) is 18.1. The number of aliphatic hydroxyl groups is 1. The summed E-state index contributed by atoms with van der Waals surface area (Å²) in [4.78, 5) is 27.7. The SMILES string of the molecule is Cc1ccc2[nH]ncc2c1-c1cc(-c2ccnc(N3CCCC(O)C3)n2)nc(C(N)=O)c1N. The van der Waals surface area contributed by atoms with Crippen LogP contribution in [0, 0.1) is 6.92 Å². The van der Waals surface area contributed by atoms with Crippen LogP contribution in [0.3, 0.4) is 0 Å². The van der Waals surface area contributed by atoms with Crippen LogP contribution in [0.15, 0.2) is 36.7 Å². The maximum absolute atomic E-state index is 12.2. The number of hydrogen-bond donors (Lipinski definition) is 4. The lowest BCUT2D eigenvalue weighted by atomic mass is 9.94. The summed E-state index contributed by atoms with van der Waals surface area (Å²) in [7, 11) is 0. The molecule has 168 valence electrons. The number of anilines is 2. The first-order valence-corrected chi connectivity index (χ1v) is 10.7. The molecule has 10 heteroatoms. The van der Waals surface area contributed by atoms with E-state index in [4.69, 9.17) is 11.5 Å². The average molecular weight is 444 g/mol. The molecule has 1 saturated heterocycles. The van der Waals surface area contributed by atoms with E-state index < -0.39 is 12.0 Å². The molecule has 1 aliphatic heterocycles. The zero-order valence-corrected chi connectivity index (χ0v) is 18.1. The van der Waals surface area contributed by atoms with Gasteiger partial charge in [-0.3, -0.25) is 9.89 Å². The van der Waals surface area contributed by atoms with Gasteiger partial charge in [-0.25, -0.2) is 15.0 Å². The molecule has 1 amide bonds. The number of carbonyl (C=O) groups is 1. The van der Waals surface area contributed by atoms with Gasteiger partial charge in [0.2, 0.25) is 5.95 Å². The van der Waals surface area contributed by atoms with Crippen molar-refractivity contribution in [3.63, 3.8) is 0 Å². The standard InChI is InChI=1S/C23H24N8O2/c1-12-4-5-16-15(10-27-30-16)19(12)14-9-18(28-21(20(14)24)22(25)33)17-6-7-26-23(29-17)31-8-2-3-13(32)11-31/h4-7,9-10,13,32H,2-3,8,11,24H2,1H3,(H2,25,33)(H,27,30). The van der Waals surface area contributed by atoms with Crippen molar-refractivity contribution in [3.05, 3.63) is 47.9 Å². The first kappa shape index (κ1) is 20.8. The minimum Gasteiger partial charge on any atom is -0.396 e. The molecule has 6 N–H and O–H groups in total. The number of piperidine rings is 1. The van der Waals surface area contributed by atoms with Crippen molar-refractivity contribution in [2.45, 2.75) is 25.9 Å². The topological polar surface area (TPSA) is 160 Å². The highest BCUT2D eigenvalue weighted by molar-refractivity contribution is 6.05. The highest BCUT2D eigenvalue weighted by Gasteiger charge is 2.23. The van der Waals surface area contributed by atoms with Crippen molar-refractivity contribution >= 4 is 28.4 Å². The lowest BCUT2D eigenvalue weighted by Gasteiger charge is -2.30. The van der Waals surface area contributed by atoms with E-state index in [0.29, 0.717) is 29.4 Å². The largest absolute Gasteiger partial charge is 0.396 e. The molecule has 3 aromatic heterocycles. The normalized spacial score (nSPS) is 16.3. The Labute approximate surface area is 189 Å². The van der Waals surface area contributed by atoms with Gasteiger partial charge in [-0.1, -0.05) is 6.07 Å². The summed E-state index contributed by atoms with van der Waals surface area (Å²) in [5.74, 6) is -0.221. The molecule has 4 aromatic rings. The van der Waals surface area contributed by atoms with E-state index in [1.54, 1.807) is 18.5 Å². The number of hydrogen-bond acceptors (Lipinski definition) is 8. The van der Waals surface area contributed by atoms with Crippen LogP contribution in [-0.4, -0.2) is 55.4 Å². The van der Waals surface area contributed by atoms with Crippen LogP contribution in [0.4, 0.5) is 11.6 Å². The first-order valence-electron chi connectivity index (χ1n) is 10.7. The van der Waals surface area contributed by atoms with Gasteiger partial charge in [0.25, 0.3) is 5.91 Å². The highest BCUT2D eigenvalue weighted by Crippen LogP contribution is 2.37. The summed E-state index contributed by atoms with van der Waals surface area (Å²) < 4.78 is 0. The van der Waals surface area contributed by atoms with Crippen LogP contribution >= 0.6 is 0 Å². The molecule has 1 aromatic carbocycles. The van der Waals surface area contributed by atoms with E-state index in [9.17, 15) is 9.90 Å². The number of aryl methyl sites for hydroxylation is 1. The summed E-state index contributed by atoms with van der Waals surface area (Å²) in [6, 6.07) is 7.44. The molecular weight excluding hydrogens is 420 g/mol. The summed E-state index contributed by atoms with van der Waals surface area (Å²) in [6.45, 7) is 3.20. The second-order valence-electron chi connectivity index (χ2n) is 8.25. The molecule has 1 fully saturated rings. The number of amides is 1. The highest BCUT2D eigenvalue weighted by atomic mass is 16.3. The van der Waals surface area contributed by atoms with E-state index in [-0.39, 0.29) is 11.4 Å². The van der Waals surface area contributed by atoms with Crippen LogP contribution in [0.2, 0.25) is 0 Å². The van der Waals surface area contributed by atoms with Crippen molar-refractivity contribution in [2.24, 2.45) is 5.73 Å². The number of carbonyl (C=O) groups excluding carboxylic acids is 1. The van der Waals surface area contributed by atoms with Gasteiger partial charge in [0, 0.05) is 30.2 Å². The lowest BCUT2D eigenvalue weighted by Crippen LogP contribution is -2.39. The first-order chi connectivity index (χ1) is 15.9. The minimum absolute atomic E-state index is 0.0176. The third kappa shape index (κ3) is 3.74. The number of aliphatic hydroxyl groups excluding tert-OH is 1. The smallest absolute Gasteiger partial charge is 0.269 e. The Kier molecular flexibility index (Phi) is 5.14. The number of H-pyrrole nitrogens is 1. The second-order valence-corrected chi connectivity index (χ2v) is 8.25. The fourth-order valence-electron chi connectivity index (χ4n) is 4.34. The van der Waals surface area contributed by atoms with E-state index in [2.05, 4.69) is 25.1 Å². The van der Waals surface area contributed by atoms with E-state index >= 15 is 0 Å². The van der Waals surface area contributed by atoms with Gasteiger partial charge in [-0.15, -0.1) is 0 Å². The Hall–Kier alpha value is -4.05. The van der Waals surface area contributed by atoms with Crippen molar-refractivity contribution in [1.29, 1.82) is 0 Å².